The minimum Gasteiger partial charge on any atom is -0.368 e. The molecule has 0 atom stereocenters. The fraction of sp³-hybridized carbons (Fsp3) is 0.579. The summed E-state index contributed by atoms with van der Waals surface area (Å²) in [6.45, 7) is 8.18. The van der Waals surface area contributed by atoms with E-state index in [4.69, 9.17) is 0 Å². The van der Waals surface area contributed by atoms with Gasteiger partial charge in [-0.25, -0.2) is 0 Å². The normalized spacial score (nSPS) is 14.8. The third-order valence-electron chi connectivity index (χ3n) is 4.59. The summed E-state index contributed by atoms with van der Waals surface area (Å²) in [5.41, 5.74) is 2.46. The Hall–Kier alpha value is -2.08. The van der Waals surface area contributed by atoms with Crippen LogP contribution in [0.4, 0.5) is 5.69 Å². The van der Waals surface area contributed by atoms with Crippen LogP contribution in [-0.4, -0.2) is 86.4 Å². The van der Waals surface area contributed by atoms with Gasteiger partial charge in [0.1, 0.15) is 0 Å². The number of rotatable bonds is 6. The van der Waals surface area contributed by atoms with Crippen LogP contribution in [0.5, 0.6) is 0 Å². The SMILES string of the molecule is CC(=O)N(CCN(C)C)CC(=O)N1CCN(c2cccc(C)c2)CC1. The van der Waals surface area contributed by atoms with Crippen molar-refractivity contribution in [2.24, 2.45) is 0 Å². The zero-order chi connectivity index (χ0) is 18.4. The molecule has 1 aromatic rings. The molecule has 6 heteroatoms. The number of aryl methyl sites for hydroxylation is 1. The maximum atomic E-state index is 12.6. The molecular weight excluding hydrogens is 316 g/mol. The second kappa shape index (κ2) is 8.85. The average molecular weight is 346 g/mol. The van der Waals surface area contributed by atoms with Gasteiger partial charge in [0.25, 0.3) is 0 Å². The van der Waals surface area contributed by atoms with Gasteiger partial charge in [0.05, 0.1) is 6.54 Å². The highest BCUT2D eigenvalue weighted by Gasteiger charge is 2.23. The summed E-state index contributed by atoms with van der Waals surface area (Å²) in [6, 6.07) is 8.45. The fourth-order valence-electron chi connectivity index (χ4n) is 2.97. The number of carbonyl (C=O) groups excluding carboxylic acids is 2. The molecule has 6 nitrogen and oxygen atoms in total. The predicted molar refractivity (Wildman–Crippen MR) is 101 cm³/mol. The number of carbonyl (C=O) groups is 2. The monoisotopic (exact) mass is 346 g/mol. The van der Waals surface area contributed by atoms with Crippen LogP contribution >= 0.6 is 0 Å². The van der Waals surface area contributed by atoms with Gasteiger partial charge >= 0.3 is 0 Å². The molecule has 1 aliphatic rings. The number of piperazine rings is 1. The van der Waals surface area contributed by atoms with E-state index >= 15 is 0 Å². The van der Waals surface area contributed by atoms with Crippen LogP contribution in [0.2, 0.25) is 0 Å². The van der Waals surface area contributed by atoms with Gasteiger partial charge in [-0.1, -0.05) is 12.1 Å². The van der Waals surface area contributed by atoms with Gasteiger partial charge in [-0.05, 0) is 38.7 Å². The standard InChI is InChI=1S/C19H30N4O2/c1-16-6-5-7-18(14-16)21-10-12-22(13-11-21)19(25)15-23(17(2)24)9-8-20(3)4/h5-7,14H,8-13,15H2,1-4H3. The lowest BCUT2D eigenvalue weighted by Crippen LogP contribution is -2.52. The molecule has 0 aliphatic carbocycles. The Balaban J connectivity index is 1.86. The summed E-state index contributed by atoms with van der Waals surface area (Å²) in [4.78, 5) is 32.2. The molecule has 25 heavy (non-hydrogen) atoms. The zero-order valence-corrected chi connectivity index (χ0v) is 15.9. The first-order valence-electron chi connectivity index (χ1n) is 8.86. The van der Waals surface area contributed by atoms with Crippen molar-refractivity contribution in [1.29, 1.82) is 0 Å². The first kappa shape index (κ1) is 19.2. The Kier molecular flexibility index (Phi) is 6.82. The van der Waals surface area contributed by atoms with Crippen molar-refractivity contribution in [1.82, 2.24) is 14.7 Å². The van der Waals surface area contributed by atoms with Crippen LogP contribution in [0.25, 0.3) is 0 Å². The summed E-state index contributed by atoms with van der Waals surface area (Å²) in [7, 11) is 3.93. The van der Waals surface area contributed by atoms with Gasteiger partial charge in [-0.2, -0.15) is 0 Å². The highest BCUT2D eigenvalue weighted by Crippen LogP contribution is 2.17. The van der Waals surface area contributed by atoms with E-state index < -0.39 is 0 Å². The predicted octanol–water partition coefficient (Wildman–Crippen LogP) is 1.05. The Morgan fingerprint density at radius 2 is 1.76 bits per heavy atom. The summed E-state index contributed by atoms with van der Waals surface area (Å²) >= 11 is 0. The highest BCUT2D eigenvalue weighted by atomic mass is 16.2. The topological polar surface area (TPSA) is 47.1 Å². The van der Waals surface area contributed by atoms with E-state index in [9.17, 15) is 9.59 Å². The lowest BCUT2D eigenvalue weighted by Gasteiger charge is -2.37. The summed E-state index contributed by atoms with van der Waals surface area (Å²) in [5.74, 6) is -0.00792. The quantitative estimate of drug-likeness (QED) is 0.773. The number of amides is 2. The van der Waals surface area contributed by atoms with Crippen LogP contribution in [0, 0.1) is 6.92 Å². The first-order valence-corrected chi connectivity index (χ1v) is 8.86. The van der Waals surface area contributed by atoms with Crippen LogP contribution in [0.1, 0.15) is 12.5 Å². The van der Waals surface area contributed by atoms with E-state index in [1.165, 1.54) is 18.2 Å². The van der Waals surface area contributed by atoms with Crippen molar-refractivity contribution >= 4 is 17.5 Å². The highest BCUT2D eigenvalue weighted by molar-refractivity contribution is 5.84. The van der Waals surface area contributed by atoms with E-state index in [0.717, 1.165) is 19.6 Å². The largest absolute Gasteiger partial charge is 0.368 e. The molecule has 0 unspecified atom stereocenters. The van der Waals surface area contributed by atoms with Crippen LogP contribution in [0.3, 0.4) is 0 Å². The molecule has 0 aromatic heterocycles. The molecule has 1 saturated heterocycles. The van der Waals surface area contributed by atoms with Crippen LogP contribution in [-0.2, 0) is 9.59 Å². The van der Waals surface area contributed by atoms with Crippen LogP contribution < -0.4 is 4.90 Å². The number of anilines is 1. The Morgan fingerprint density at radius 3 is 2.32 bits per heavy atom. The first-order chi connectivity index (χ1) is 11.9. The van der Waals surface area contributed by atoms with Gasteiger partial charge in [0.2, 0.25) is 11.8 Å². The minimum atomic E-state index is -0.0476. The molecule has 1 aliphatic heterocycles. The smallest absolute Gasteiger partial charge is 0.242 e. The third kappa shape index (κ3) is 5.74. The van der Waals surface area contributed by atoms with Crippen molar-refractivity contribution in [2.75, 3.05) is 64.8 Å². The van der Waals surface area contributed by atoms with Crippen molar-refractivity contribution in [3.05, 3.63) is 29.8 Å². The number of benzene rings is 1. The van der Waals surface area contributed by atoms with Crippen LogP contribution in [0.15, 0.2) is 24.3 Å². The van der Waals surface area contributed by atoms with Crippen molar-refractivity contribution in [3.8, 4) is 0 Å². The number of nitrogens with zero attached hydrogens (tertiary/aromatic N) is 4. The van der Waals surface area contributed by atoms with E-state index in [-0.39, 0.29) is 18.4 Å². The summed E-state index contributed by atoms with van der Waals surface area (Å²) in [5, 5.41) is 0. The minimum absolute atomic E-state index is 0.0397. The molecule has 1 heterocycles. The van der Waals surface area contributed by atoms with E-state index in [0.29, 0.717) is 19.6 Å². The lowest BCUT2D eigenvalue weighted by atomic mass is 10.2. The summed E-state index contributed by atoms with van der Waals surface area (Å²) in [6.07, 6.45) is 0. The molecular formula is C19H30N4O2. The second-order valence-electron chi connectivity index (χ2n) is 6.95. The van der Waals surface area contributed by atoms with Gasteiger partial charge in [0.15, 0.2) is 0 Å². The van der Waals surface area contributed by atoms with Gasteiger partial charge in [-0.15, -0.1) is 0 Å². The Bertz CT molecular complexity index is 595. The molecule has 2 rings (SSSR count). The number of hydrogen-bond donors (Lipinski definition) is 0. The molecule has 138 valence electrons. The van der Waals surface area contributed by atoms with Crippen molar-refractivity contribution < 1.29 is 9.59 Å². The van der Waals surface area contributed by atoms with E-state index in [1.807, 2.05) is 23.9 Å². The third-order valence-corrected chi connectivity index (χ3v) is 4.59. The molecule has 0 saturated carbocycles. The molecule has 2 amide bonds. The van der Waals surface area contributed by atoms with Crippen molar-refractivity contribution in [2.45, 2.75) is 13.8 Å². The molecule has 1 fully saturated rings. The maximum absolute atomic E-state index is 12.6. The Labute approximate surface area is 151 Å². The van der Waals surface area contributed by atoms with Gasteiger partial charge in [0, 0.05) is 51.9 Å². The number of hydrogen-bond acceptors (Lipinski definition) is 4. The fourth-order valence-corrected chi connectivity index (χ4v) is 2.97. The van der Waals surface area contributed by atoms with E-state index in [1.54, 1.807) is 4.90 Å². The lowest BCUT2D eigenvalue weighted by molar-refractivity contribution is -0.139. The maximum Gasteiger partial charge on any atom is 0.242 e. The Morgan fingerprint density at radius 1 is 1.08 bits per heavy atom. The molecule has 1 aromatic carbocycles. The summed E-state index contributed by atoms with van der Waals surface area (Å²) < 4.78 is 0. The van der Waals surface area contributed by atoms with Gasteiger partial charge in [-0.3, -0.25) is 9.59 Å². The van der Waals surface area contributed by atoms with E-state index in [2.05, 4.69) is 36.1 Å². The molecule has 0 radical (unpaired) electrons. The molecule has 0 spiro atoms. The molecule has 0 bridgehead atoms. The second-order valence-corrected chi connectivity index (χ2v) is 6.95. The molecule has 0 N–H and O–H groups in total. The number of likely N-dealkylation sites (N-methyl/N-ethyl adjacent to an activating group) is 1. The van der Waals surface area contributed by atoms with Gasteiger partial charge < -0.3 is 19.6 Å². The van der Waals surface area contributed by atoms with Crippen molar-refractivity contribution in [3.63, 3.8) is 0 Å². The zero-order valence-electron chi connectivity index (χ0n) is 15.9. The average Bonchev–Trinajstić information content (AvgIpc) is 2.58.